The lowest BCUT2D eigenvalue weighted by Gasteiger charge is -2.13. The molecule has 3 nitrogen and oxygen atoms in total. The van der Waals surface area contributed by atoms with Crippen LogP contribution in [-0.2, 0) is 0 Å². The lowest BCUT2D eigenvalue weighted by Crippen LogP contribution is -2.37. The SMILES string of the molecule is CC(C)C/C(=N/NC(=S)NC(C)C)c1ccccc1. The molecule has 0 spiro atoms. The highest BCUT2D eigenvalue weighted by Gasteiger charge is 2.06. The van der Waals surface area contributed by atoms with Crippen molar-refractivity contribution in [2.24, 2.45) is 11.0 Å². The van der Waals surface area contributed by atoms with Crippen LogP contribution in [0.5, 0.6) is 0 Å². The average Bonchev–Trinajstić information content (AvgIpc) is 2.34. The number of nitrogens with one attached hydrogen (secondary N) is 2. The third-order valence-corrected chi connectivity index (χ3v) is 2.63. The van der Waals surface area contributed by atoms with Crippen molar-refractivity contribution in [1.82, 2.24) is 10.7 Å². The van der Waals surface area contributed by atoms with Crippen molar-refractivity contribution in [2.75, 3.05) is 0 Å². The Labute approximate surface area is 121 Å². The number of nitrogens with zero attached hydrogens (tertiary/aromatic N) is 1. The fourth-order valence-corrected chi connectivity index (χ4v) is 1.94. The zero-order valence-electron chi connectivity index (χ0n) is 12.1. The summed E-state index contributed by atoms with van der Waals surface area (Å²) in [5, 5.41) is 8.13. The normalized spacial score (nSPS) is 11.8. The van der Waals surface area contributed by atoms with Crippen LogP contribution in [0.4, 0.5) is 0 Å². The number of thiocarbonyl (C=S) groups is 1. The third-order valence-electron chi connectivity index (χ3n) is 2.42. The highest BCUT2D eigenvalue weighted by Crippen LogP contribution is 2.09. The van der Waals surface area contributed by atoms with Crippen molar-refractivity contribution in [3.8, 4) is 0 Å². The van der Waals surface area contributed by atoms with Gasteiger partial charge in [-0.2, -0.15) is 5.10 Å². The minimum Gasteiger partial charge on any atom is -0.359 e. The predicted molar refractivity (Wildman–Crippen MR) is 86.4 cm³/mol. The van der Waals surface area contributed by atoms with Crippen LogP contribution < -0.4 is 10.7 Å². The molecule has 1 aromatic carbocycles. The average molecular weight is 277 g/mol. The summed E-state index contributed by atoms with van der Waals surface area (Å²) in [4.78, 5) is 0. The fraction of sp³-hybridized carbons (Fsp3) is 0.467. The van der Waals surface area contributed by atoms with Crippen LogP contribution in [-0.4, -0.2) is 16.9 Å². The van der Waals surface area contributed by atoms with Gasteiger partial charge in [0.2, 0.25) is 0 Å². The monoisotopic (exact) mass is 277 g/mol. The standard InChI is InChI=1S/C15H23N3S/c1-11(2)10-14(13-8-6-5-7-9-13)17-18-15(19)16-12(3)4/h5-9,11-12H,10H2,1-4H3,(H2,16,18,19)/b17-14-. The summed E-state index contributed by atoms with van der Waals surface area (Å²) in [6.07, 6.45) is 0.918. The molecule has 0 aliphatic carbocycles. The summed E-state index contributed by atoms with van der Waals surface area (Å²) >= 11 is 5.18. The molecule has 2 N–H and O–H groups in total. The summed E-state index contributed by atoms with van der Waals surface area (Å²) < 4.78 is 0. The van der Waals surface area contributed by atoms with Crippen LogP contribution >= 0.6 is 12.2 Å². The molecule has 0 aliphatic rings. The van der Waals surface area contributed by atoms with Gasteiger partial charge in [-0.15, -0.1) is 0 Å². The van der Waals surface area contributed by atoms with Crippen molar-refractivity contribution in [1.29, 1.82) is 0 Å². The molecule has 0 atom stereocenters. The first kappa shape index (κ1) is 15.6. The van der Waals surface area contributed by atoms with E-state index in [1.165, 1.54) is 0 Å². The number of benzene rings is 1. The molecule has 4 heteroatoms. The van der Waals surface area contributed by atoms with Gasteiger partial charge < -0.3 is 5.32 Å². The molecule has 19 heavy (non-hydrogen) atoms. The van der Waals surface area contributed by atoms with Gasteiger partial charge in [-0.1, -0.05) is 44.2 Å². The topological polar surface area (TPSA) is 36.4 Å². The van der Waals surface area contributed by atoms with Crippen LogP contribution in [0, 0.1) is 5.92 Å². The summed E-state index contributed by atoms with van der Waals surface area (Å²) in [6.45, 7) is 8.46. The minimum absolute atomic E-state index is 0.306. The molecule has 0 aliphatic heterocycles. The number of hydrogen-bond donors (Lipinski definition) is 2. The van der Waals surface area contributed by atoms with Gasteiger partial charge in [0.05, 0.1) is 5.71 Å². The summed E-state index contributed by atoms with van der Waals surface area (Å²) in [7, 11) is 0. The Bertz CT molecular complexity index is 424. The number of hydrogen-bond acceptors (Lipinski definition) is 2. The van der Waals surface area contributed by atoms with Gasteiger partial charge in [-0.3, -0.25) is 5.43 Å². The Hall–Kier alpha value is -1.42. The van der Waals surface area contributed by atoms with Crippen molar-refractivity contribution >= 4 is 23.0 Å². The maximum absolute atomic E-state index is 5.18. The zero-order valence-corrected chi connectivity index (χ0v) is 12.9. The molecule has 104 valence electrons. The predicted octanol–water partition coefficient (Wildman–Crippen LogP) is 3.31. The molecule has 1 rings (SSSR count). The molecule has 0 unspecified atom stereocenters. The van der Waals surface area contributed by atoms with Gasteiger partial charge in [0, 0.05) is 6.04 Å². The third kappa shape index (κ3) is 6.34. The zero-order chi connectivity index (χ0) is 14.3. The van der Waals surface area contributed by atoms with Gasteiger partial charge in [-0.05, 0) is 44.0 Å². The van der Waals surface area contributed by atoms with E-state index in [0.717, 1.165) is 17.7 Å². The fourth-order valence-electron chi connectivity index (χ4n) is 1.66. The summed E-state index contributed by atoms with van der Waals surface area (Å²) in [5.41, 5.74) is 5.09. The molecule has 0 radical (unpaired) electrons. The van der Waals surface area contributed by atoms with E-state index in [1.54, 1.807) is 0 Å². The first-order chi connectivity index (χ1) is 8.99. The van der Waals surface area contributed by atoms with Crippen LogP contribution in [0.2, 0.25) is 0 Å². The van der Waals surface area contributed by atoms with Crippen LogP contribution in [0.1, 0.15) is 39.7 Å². The molecule has 0 heterocycles. The Morgan fingerprint density at radius 2 is 1.79 bits per heavy atom. The second kappa shape index (κ2) is 7.89. The van der Waals surface area contributed by atoms with Gasteiger partial charge in [0.1, 0.15) is 0 Å². The van der Waals surface area contributed by atoms with Crippen molar-refractivity contribution in [3.63, 3.8) is 0 Å². The van der Waals surface area contributed by atoms with E-state index in [2.05, 4.69) is 41.8 Å². The molecular weight excluding hydrogens is 254 g/mol. The second-order valence-corrected chi connectivity index (χ2v) is 5.67. The van der Waals surface area contributed by atoms with E-state index in [9.17, 15) is 0 Å². The van der Waals surface area contributed by atoms with Crippen LogP contribution in [0.15, 0.2) is 35.4 Å². The van der Waals surface area contributed by atoms with E-state index in [1.807, 2.05) is 32.0 Å². The number of rotatable bonds is 5. The highest BCUT2D eigenvalue weighted by atomic mass is 32.1. The highest BCUT2D eigenvalue weighted by molar-refractivity contribution is 7.80. The van der Waals surface area contributed by atoms with Crippen molar-refractivity contribution < 1.29 is 0 Å². The molecule has 0 bridgehead atoms. The molecule has 1 aromatic rings. The van der Waals surface area contributed by atoms with Crippen molar-refractivity contribution in [2.45, 2.75) is 40.2 Å². The van der Waals surface area contributed by atoms with Crippen LogP contribution in [0.25, 0.3) is 0 Å². The molecule has 0 aromatic heterocycles. The van der Waals surface area contributed by atoms with Gasteiger partial charge in [0.25, 0.3) is 0 Å². The Morgan fingerprint density at radius 1 is 1.16 bits per heavy atom. The molecule has 0 amide bonds. The first-order valence-electron chi connectivity index (χ1n) is 6.67. The van der Waals surface area contributed by atoms with E-state index in [-0.39, 0.29) is 0 Å². The Balaban J connectivity index is 2.77. The lowest BCUT2D eigenvalue weighted by atomic mass is 10.0. The van der Waals surface area contributed by atoms with E-state index < -0.39 is 0 Å². The second-order valence-electron chi connectivity index (χ2n) is 5.26. The molecule has 0 saturated heterocycles. The van der Waals surface area contributed by atoms with E-state index in [0.29, 0.717) is 17.1 Å². The summed E-state index contributed by atoms with van der Waals surface area (Å²) in [5.74, 6) is 0.549. The number of hydrazone groups is 1. The van der Waals surface area contributed by atoms with E-state index >= 15 is 0 Å². The Morgan fingerprint density at radius 3 is 2.32 bits per heavy atom. The largest absolute Gasteiger partial charge is 0.359 e. The Kier molecular flexibility index (Phi) is 6.50. The maximum Gasteiger partial charge on any atom is 0.187 e. The minimum atomic E-state index is 0.306. The molecule has 0 fully saturated rings. The quantitative estimate of drug-likeness (QED) is 0.492. The van der Waals surface area contributed by atoms with Crippen molar-refractivity contribution in [3.05, 3.63) is 35.9 Å². The first-order valence-corrected chi connectivity index (χ1v) is 7.08. The lowest BCUT2D eigenvalue weighted by molar-refractivity contribution is 0.679. The van der Waals surface area contributed by atoms with Gasteiger partial charge in [0.15, 0.2) is 5.11 Å². The smallest absolute Gasteiger partial charge is 0.187 e. The van der Waals surface area contributed by atoms with Gasteiger partial charge >= 0.3 is 0 Å². The molecule has 0 saturated carbocycles. The summed E-state index contributed by atoms with van der Waals surface area (Å²) in [6, 6.07) is 10.5. The van der Waals surface area contributed by atoms with E-state index in [4.69, 9.17) is 12.2 Å². The maximum atomic E-state index is 5.18. The van der Waals surface area contributed by atoms with Crippen LogP contribution in [0.3, 0.4) is 0 Å². The van der Waals surface area contributed by atoms with Gasteiger partial charge in [-0.25, -0.2) is 0 Å². The molecular formula is C15H23N3S.